The van der Waals surface area contributed by atoms with Crippen molar-refractivity contribution in [2.75, 3.05) is 22.9 Å². The van der Waals surface area contributed by atoms with E-state index < -0.39 is 21.5 Å². The zero-order valence-electron chi connectivity index (χ0n) is 23.8. The summed E-state index contributed by atoms with van der Waals surface area (Å²) in [5, 5.41) is 7.69. The first-order valence-electron chi connectivity index (χ1n) is 13.6. The highest BCUT2D eigenvalue weighted by Gasteiger charge is 2.31. The number of fused-ring (bicyclic) bond motifs is 1. The lowest BCUT2D eigenvalue weighted by Crippen LogP contribution is -2.23. The number of rotatable bonds is 8. The van der Waals surface area contributed by atoms with Gasteiger partial charge in [0.05, 0.1) is 32.3 Å². The highest BCUT2D eigenvalue weighted by Crippen LogP contribution is 2.39. The van der Waals surface area contributed by atoms with Crippen molar-refractivity contribution in [2.24, 2.45) is 11.3 Å². The highest BCUT2D eigenvalue weighted by atomic mass is 32.2. The standard InChI is InChI=1S/C29H34F2N6O2S2/c1-16-24(27-36-25-17(2)32-9-8-23(25)40-27)26(37-28(34-16)33-15-29(3,4)5)35-21-7-6-18(10-21)14-41(38,39)22-12-19(30)11-20(31)13-22/h8-9,11-13,18,21H,6-7,10,14-15H2,1-5H3,(H2,33,34,35,37). The molecule has 1 aromatic carbocycles. The number of aromatic nitrogens is 4. The second-order valence-electron chi connectivity index (χ2n) is 11.9. The van der Waals surface area contributed by atoms with Gasteiger partial charge in [-0.05, 0) is 62.6 Å². The molecule has 1 aliphatic carbocycles. The molecule has 12 heteroatoms. The predicted octanol–water partition coefficient (Wildman–Crippen LogP) is 6.56. The molecule has 41 heavy (non-hydrogen) atoms. The molecule has 218 valence electrons. The monoisotopic (exact) mass is 600 g/mol. The minimum absolute atomic E-state index is 0.0236. The molecule has 0 aliphatic heterocycles. The Hall–Kier alpha value is -3.25. The van der Waals surface area contributed by atoms with Gasteiger partial charge in [-0.3, -0.25) is 4.98 Å². The van der Waals surface area contributed by atoms with Gasteiger partial charge < -0.3 is 10.6 Å². The third-order valence-corrected chi connectivity index (χ3v) is 10.0. The van der Waals surface area contributed by atoms with E-state index >= 15 is 0 Å². The molecular formula is C29H34F2N6O2S2. The maximum Gasteiger partial charge on any atom is 0.224 e. The zero-order valence-corrected chi connectivity index (χ0v) is 25.4. The minimum atomic E-state index is -3.85. The summed E-state index contributed by atoms with van der Waals surface area (Å²) in [5.74, 6) is -1.00. The van der Waals surface area contributed by atoms with Crippen molar-refractivity contribution in [3.05, 3.63) is 53.5 Å². The Morgan fingerprint density at radius 2 is 1.76 bits per heavy atom. The molecule has 0 radical (unpaired) electrons. The summed E-state index contributed by atoms with van der Waals surface area (Å²) in [5.41, 5.74) is 3.29. The number of thiazole rings is 1. The minimum Gasteiger partial charge on any atom is -0.367 e. The maximum atomic E-state index is 13.7. The van der Waals surface area contributed by atoms with E-state index in [0.717, 1.165) is 50.7 Å². The van der Waals surface area contributed by atoms with Crippen LogP contribution in [0.3, 0.4) is 0 Å². The van der Waals surface area contributed by atoms with Crippen LogP contribution in [-0.4, -0.2) is 46.7 Å². The molecule has 1 aliphatic rings. The first kappa shape index (κ1) is 29.2. The quantitative estimate of drug-likeness (QED) is 0.234. The van der Waals surface area contributed by atoms with Gasteiger partial charge in [-0.15, -0.1) is 11.3 Å². The number of nitrogens with zero attached hydrogens (tertiary/aromatic N) is 4. The number of halogens is 2. The molecule has 5 rings (SSSR count). The number of anilines is 2. The molecule has 1 saturated carbocycles. The summed E-state index contributed by atoms with van der Waals surface area (Å²) in [6.45, 7) is 10.9. The number of hydrogen-bond donors (Lipinski definition) is 2. The second kappa shape index (κ2) is 11.2. The SMILES string of the molecule is Cc1nc(NCC(C)(C)C)nc(NC2CCC(CS(=O)(=O)c3cc(F)cc(F)c3)C2)c1-c1nc2c(C)nccc2s1. The lowest BCUT2D eigenvalue weighted by atomic mass is 9.97. The number of sulfone groups is 1. The van der Waals surface area contributed by atoms with Gasteiger partial charge in [0.15, 0.2) is 9.84 Å². The normalized spacial score (nSPS) is 17.7. The molecule has 4 aromatic rings. The van der Waals surface area contributed by atoms with Gasteiger partial charge in [0.1, 0.15) is 28.0 Å². The average molecular weight is 601 g/mol. The molecule has 3 aromatic heterocycles. The fourth-order valence-corrected chi connectivity index (χ4v) is 7.92. The average Bonchev–Trinajstić information content (AvgIpc) is 3.48. The summed E-state index contributed by atoms with van der Waals surface area (Å²) in [6, 6.07) is 4.32. The summed E-state index contributed by atoms with van der Waals surface area (Å²) in [4.78, 5) is 18.5. The van der Waals surface area contributed by atoms with Gasteiger partial charge in [0.25, 0.3) is 0 Å². The van der Waals surface area contributed by atoms with Gasteiger partial charge >= 0.3 is 0 Å². The molecule has 1 fully saturated rings. The van der Waals surface area contributed by atoms with Crippen LogP contribution in [0.5, 0.6) is 0 Å². The molecule has 2 unspecified atom stereocenters. The van der Waals surface area contributed by atoms with Crippen molar-refractivity contribution in [3.8, 4) is 10.6 Å². The summed E-state index contributed by atoms with van der Waals surface area (Å²) >= 11 is 1.55. The molecule has 0 amide bonds. The Morgan fingerprint density at radius 3 is 2.44 bits per heavy atom. The van der Waals surface area contributed by atoms with Gasteiger partial charge in [0.2, 0.25) is 5.95 Å². The van der Waals surface area contributed by atoms with Gasteiger partial charge in [-0.1, -0.05) is 20.8 Å². The number of nitrogens with one attached hydrogen (secondary N) is 2. The van der Waals surface area contributed by atoms with E-state index in [-0.39, 0.29) is 28.0 Å². The summed E-state index contributed by atoms with van der Waals surface area (Å²) < 4.78 is 54.3. The molecule has 0 spiro atoms. The largest absolute Gasteiger partial charge is 0.367 e. The number of hydrogen-bond acceptors (Lipinski definition) is 9. The summed E-state index contributed by atoms with van der Waals surface area (Å²) in [6.07, 6.45) is 3.74. The Morgan fingerprint density at radius 1 is 1.02 bits per heavy atom. The van der Waals surface area contributed by atoms with Crippen LogP contribution in [0.25, 0.3) is 20.8 Å². The first-order valence-corrected chi connectivity index (χ1v) is 16.0. The Bertz CT molecular complexity index is 1680. The van der Waals surface area contributed by atoms with Crippen molar-refractivity contribution < 1.29 is 17.2 Å². The number of pyridine rings is 1. The molecule has 3 heterocycles. The lowest BCUT2D eigenvalue weighted by Gasteiger charge is -2.21. The van der Waals surface area contributed by atoms with Crippen LogP contribution in [0.2, 0.25) is 0 Å². The lowest BCUT2D eigenvalue weighted by molar-refractivity contribution is 0.441. The van der Waals surface area contributed by atoms with Gasteiger partial charge in [0, 0.05) is 24.8 Å². The van der Waals surface area contributed by atoms with Crippen LogP contribution < -0.4 is 10.6 Å². The van der Waals surface area contributed by atoms with Crippen molar-refractivity contribution in [1.29, 1.82) is 0 Å². The van der Waals surface area contributed by atoms with E-state index in [1.807, 2.05) is 19.9 Å². The topological polar surface area (TPSA) is 110 Å². The van der Waals surface area contributed by atoms with Crippen LogP contribution in [-0.2, 0) is 9.84 Å². The fraction of sp³-hybridized carbons (Fsp3) is 0.448. The van der Waals surface area contributed by atoms with Crippen LogP contribution in [0, 0.1) is 36.8 Å². The molecule has 0 saturated heterocycles. The molecule has 0 bridgehead atoms. The number of aryl methyl sites for hydroxylation is 2. The van der Waals surface area contributed by atoms with Crippen molar-refractivity contribution in [2.45, 2.75) is 64.8 Å². The Balaban J connectivity index is 1.41. The third-order valence-electron chi connectivity index (χ3n) is 7.10. The van der Waals surface area contributed by atoms with E-state index in [9.17, 15) is 17.2 Å². The van der Waals surface area contributed by atoms with E-state index in [0.29, 0.717) is 37.2 Å². The van der Waals surface area contributed by atoms with Gasteiger partial charge in [-0.25, -0.2) is 27.2 Å². The van der Waals surface area contributed by atoms with Crippen molar-refractivity contribution >= 4 is 43.2 Å². The molecule has 8 nitrogen and oxygen atoms in total. The molecule has 2 atom stereocenters. The third kappa shape index (κ3) is 6.81. The Labute approximate surface area is 243 Å². The van der Waals surface area contributed by atoms with E-state index in [1.165, 1.54) is 0 Å². The fourth-order valence-electron chi connectivity index (χ4n) is 5.11. The smallest absolute Gasteiger partial charge is 0.224 e. The first-order chi connectivity index (χ1) is 19.3. The van der Waals surface area contributed by atoms with Gasteiger partial charge in [-0.2, -0.15) is 4.98 Å². The van der Waals surface area contributed by atoms with Crippen LogP contribution in [0.1, 0.15) is 51.4 Å². The molecule has 2 N–H and O–H groups in total. The second-order valence-corrected chi connectivity index (χ2v) is 15.0. The Kier molecular flexibility index (Phi) is 7.99. The molecular weight excluding hydrogens is 566 g/mol. The van der Waals surface area contributed by atoms with Crippen molar-refractivity contribution in [1.82, 2.24) is 19.9 Å². The van der Waals surface area contributed by atoms with Crippen LogP contribution >= 0.6 is 11.3 Å². The number of benzene rings is 1. The maximum absolute atomic E-state index is 13.7. The van der Waals surface area contributed by atoms with E-state index in [1.54, 1.807) is 17.5 Å². The van der Waals surface area contributed by atoms with Crippen molar-refractivity contribution in [3.63, 3.8) is 0 Å². The van der Waals surface area contributed by atoms with Crippen LogP contribution in [0.15, 0.2) is 35.4 Å². The van der Waals surface area contributed by atoms with E-state index in [2.05, 4.69) is 36.4 Å². The summed E-state index contributed by atoms with van der Waals surface area (Å²) in [7, 11) is -3.85. The van der Waals surface area contributed by atoms with Crippen LogP contribution in [0.4, 0.5) is 20.5 Å². The zero-order chi connectivity index (χ0) is 29.5. The highest BCUT2D eigenvalue weighted by molar-refractivity contribution is 7.91. The van der Waals surface area contributed by atoms with E-state index in [4.69, 9.17) is 15.0 Å². The predicted molar refractivity (Wildman–Crippen MR) is 159 cm³/mol.